The van der Waals surface area contributed by atoms with Crippen LogP contribution in [0.25, 0.3) is 0 Å². The van der Waals surface area contributed by atoms with Gasteiger partial charge < -0.3 is 24.2 Å². The average Bonchev–Trinajstić information content (AvgIpc) is 2.96. The molecule has 8 nitrogen and oxygen atoms in total. The summed E-state index contributed by atoms with van der Waals surface area (Å²) in [6.07, 6.45) is 2.28. The Kier molecular flexibility index (Phi) is 6.51. The number of carbonyl (C=O) groups excluding carboxylic acids is 3. The van der Waals surface area contributed by atoms with Crippen molar-refractivity contribution in [3.63, 3.8) is 0 Å². The van der Waals surface area contributed by atoms with Crippen molar-refractivity contribution in [2.45, 2.75) is 51.5 Å². The van der Waals surface area contributed by atoms with E-state index in [2.05, 4.69) is 6.58 Å². The SMILES string of the molecule is C=CC(=O)N1CC2(CCN(C(=O)N(C)[C@H](C(=O)OC)C(C)C)CC2)O[C@H]1C. The molecule has 0 saturated carbocycles. The highest BCUT2D eigenvalue weighted by Crippen LogP contribution is 2.35. The fraction of sp³-hybridized carbons (Fsp3) is 0.737. The zero-order chi connectivity index (χ0) is 20.4. The molecule has 152 valence electrons. The summed E-state index contributed by atoms with van der Waals surface area (Å²) in [4.78, 5) is 41.7. The molecule has 0 N–H and O–H groups in total. The van der Waals surface area contributed by atoms with Crippen LogP contribution in [-0.4, -0.2) is 84.3 Å². The Hall–Kier alpha value is -2.09. The molecule has 0 aromatic rings. The Morgan fingerprint density at radius 3 is 2.37 bits per heavy atom. The topological polar surface area (TPSA) is 79.4 Å². The second-order valence-corrected chi connectivity index (χ2v) is 7.66. The van der Waals surface area contributed by atoms with Crippen LogP contribution >= 0.6 is 0 Å². The Morgan fingerprint density at radius 2 is 1.89 bits per heavy atom. The lowest BCUT2D eigenvalue weighted by Gasteiger charge is -2.41. The van der Waals surface area contributed by atoms with Gasteiger partial charge in [-0.3, -0.25) is 4.79 Å². The highest BCUT2D eigenvalue weighted by molar-refractivity contribution is 5.87. The monoisotopic (exact) mass is 381 g/mol. The molecule has 8 heteroatoms. The number of carbonyl (C=O) groups is 3. The lowest BCUT2D eigenvalue weighted by atomic mass is 9.91. The molecule has 0 aromatic heterocycles. The molecule has 27 heavy (non-hydrogen) atoms. The van der Waals surface area contributed by atoms with Crippen LogP contribution in [0.1, 0.15) is 33.6 Å². The van der Waals surface area contributed by atoms with Crippen molar-refractivity contribution >= 4 is 17.9 Å². The van der Waals surface area contributed by atoms with Gasteiger partial charge in [-0.1, -0.05) is 20.4 Å². The summed E-state index contributed by atoms with van der Waals surface area (Å²) < 4.78 is 10.9. The van der Waals surface area contributed by atoms with Crippen LogP contribution in [0.3, 0.4) is 0 Å². The molecular formula is C19H31N3O5. The van der Waals surface area contributed by atoms with Crippen molar-refractivity contribution in [1.29, 1.82) is 0 Å². The maximum Gasteiger partial charge on any atom is 0.328 e. The first-order valence-corrected chi connectivity index (χ1v) is 9.36. The van der Waals surface area contributed by atoms with Crippen LogP contribution in [0.2, 0.25) is 0 Å². The fourth-order valence-corrected chi connectivity index (χ4v) is 4.00. The number of likely N-dealkylation sites (tertiary alicyclic amines) is 1. The number of nitrogens with zero attached hydrogens (tertiary/aromatic N) is 3. The van der Waals surface area contributed by atoms with Crippen LogP contribution in [0.4, 0.5) is 4.79 Å². The molecule has 2 aliphatic rings. The van der Waals surface area contributed by atoms with Crippen LogP contribution in [0.15, 0.2) is 12.7 Å². The molecule has 0 bridgehead atoms. The van der Waals surface area contributed by atoms with Crippen LogP contribution < -0.4 is 0 Å². The molecule has 2 aliphatic heterocycles. The van der Waals surface area contributed by atoms with Crippen LogP contribution in [0.5, 0.6) is 0 Å². The molecule has 2 rings (SSSR count). The summed E-state index contributed by atoms with van der Waals surface area (Å²) in [5, 5.41) is 0. The van der Waals surface area contributed by atoms with Gasteiger partial charge in [-0.25, -0.2) is 9.59 Å². The van der Waals surface area contributed by atoms with Gasteiger partial charge in [-0.2, -0.15) is 0 Å². The van der Waals surface area contributed by atoms with E-state index in [1.54, 1.807) is 16.8 Å². The van der Waals surface area contributed by atoms with Gasteiger partial charge in [0.25, 0.3) is 0 Å². The number of ether oxygens (including phenoxy) is 2. The highest BCUT2D eigenvalue weighted by Gasteiger charge is 2.47. The number of amides is 3. The van der Waals surface area contributed by atoms with Gasteiger partial charge in [0.1, 0.15) is 12.3 Å². The molecule has 2 heterocycles. The maximum atomic E-state index is 12.9. The van der Waals surface area contributed by atoms with Gasteiger partial charge >= 0.3 is 12.0 Å². The first-order chi connectivity index (χ1) is 12.7. The van der Waals surface area contributed by atoms with Crippen molar-refractivity contribution in [1.82, 2.24) is 14.7 Å². The normalized spacial score (nSPS) is 22.7. The lowest BCUT2D eigenvalue weighted by molar-refractivity contribution is -0.147. The Balaban J connectivity index is 2.01. The number of hydrogen-bond acceptors (Lipinski definition) is 5. The first kappa shape index (κ1) is 21.2. The zero-order valence-corrected chi connectivity index (χ0v) is 16.9. The zero-order valence-electron chi connectivity index (χ0n) is 16.9. The van der Waals surface area contributed by atoms with Gasteiger partial charge in [-0.05, 0) is 31.8 Å². The molecule has 2 atom stereocenters. The Labute approximate surface area is 161 Å². The lowest BCUT2D eigenvalue weighted by Crippen LogP contribution is -2.55. The highest BCUT2D eigenvalue weighted by atomic mass is 16.5. The standard InChI is InChI=1S/C19H31N3O5/c1-7-15(23)22-12-19(27-14(22)4)8-10-21(11-9-19)18(25)20(5)16(13(2)3)17(24)26-6/h7,13-14,16H,1,8-12H2,2-6H3/t14-,16-/m0/s1. The number of urea groups is 1. The van der Waals surface area contributed by atoms with Crippen LogP contribution in [0, 0.1) is 5.92 Å². The van der Waals surface area contributed by atoms with Crippen molar-refractivity contribution in [2.24, 2.45) is 5.92 Å². The fourth-order valence-electron chi connectivity index (χ4n) is 4.00. The summed E-state index contributed by atoms with van der Waals surface area (Å²) in [7, 11) is 2.96. The second-order valence-electron chi connectivity index (χ2n) is 7.66. The van der Waals surface area contributed by atoms with E-state index in [-0.39, 0.29) is 24.1 Å². The number of esters is 1. The van der Waals surface area contributed by atoms with Gasteiger partial charge in [0, 0.05) is 20.1 Å². The largest absolute Gasteiger partial charge is 0.467 e. The summed E-state index contributed by atoms with van der Waals surface area (Å²) in [6.45, 7) is 10.7. The van der Waals surface area contributed by atoms with Gasteiger partial charge in [-0.15, -0.1) is 0 Å². The molecule has 0 aromatic carbocycles. The van der Waals surface area contributed by atoms with E-state index in [0.717, 1.165) is 0 Å². The van der Waals surface area contributed by atoms with Crippen molar-refractivity contribution in [3.8, 4) is 0 Å². The number of likely N-dealkylation sites (N-methyl/N-ethyl adjacent to an activating group) is 1. The number of rotatable bonds is 4. The smallest absolute Gasteiger partial charge is 0.328 e. The second kappa shape index (κ2) is 8.29. The minimum absolute atomic E-state index is 0.0555. The summed E-state index contributed by atoms with van der Waals surface area (Å²) in [6, 6.07) is -0.819. The number of piperidine rings is 1. The molecule has 2 fully saturated rings. The van der Waals surface area contributed by atoms with Crippen molar-refractivity contribution in [3.05, 3.63) is 12.7 Å². The Bertz CT molecular complexity index is 598. The molecular weight excluding hydrogens is 350 g/mol. The van der Waals surface area contributed by atoms with E-state index < -0.39 is 17.6 Å². The van der Waals surface area contributed by atoms with E-state index in [9.17, 15) is 14.4 Å². The average molecular weight is 381 g/mol. The Morgan fingerprint density at radius 1 is 1.30 bits per heavy atom. The number of methoxy groups -OCH3 is 1. The minimum Gasteiger partial charge on any atom is -0.467 e. The minimum atomic E-state index is -0.623. The van der Waals surface area contributed by atoms with Gasteiger partial charge in [0.2, 0.25) is 5.91 Å². The molecule has 0 unspecified atom stereocenters. The third kappa shape index (κ3) is 4.26. The van der Waals surface area contributed by atoms with Crippen LogP contribution in [-0.2, 0) is 19.1 Å². The maximum absolute atomic E-state index is 12.9. The molecule has 0 aliphatic carbocycles. The van der Waals surface area contributed by atoms with Crippen molar-refractivity contribution in [2.75, 3.05) is 33.8 Å². The molecule has 1 spiro atoms. The third-order valence-electron chi connectivity index (χ3n) is 5.51. The molecule has 2 saturated heterocycles. The van der Waals surface area contributed by atoms with Gasteiger partial charge in [0.05, 0.1) is 19.3 Å². The van der Waals surface area contributed by atoms with E-state index >= 15 is 0 Å². The summed E-state index contributed by atoms with van der Waals surface area (Å²) >= 11 is 0. The molecule has 0 radical (unpaired) electrons. The predicted molar refractivity (Wildman–Crippen MR) is 99.8 cm³/mol. The third-order valence-corrected chi connectivity index (χ3v) is 5.51. The van der Waals surface area contributed by atoms with E-state index in [1.807, 2.05) is 20.8 Å². The number of hydrogen-bond donors (Lipinski definition) is 0. The quantitative estimate of drug-likeness (QED) is 0.544. The van der Waals surface area contributed by atoms with Gasteiger partial charge in [0.15, 0.2) is 0 Å². The summed E-state index contributed by atoms with van der Waals surface area (Å²) in [5.74, 6) is -0.614. The van der Waals surface area contributed by atoms with Crippen molar-refractivity contribution < 1.29 is 23.9 Å². The van der Waals surface area contributed by atoms with E-state index in [0.29, 0.717) is 32.5 Å². The molecule has 3 amide bonds. The van der Waals surface area contributed by atoms with E-state index in [1.165, 1.54) is 18.1 Å². The first-order valence-electron chi connectivity index (χ1n) is 9.36. The predicted octanol–water partition coefficient (Wildman–Crippen LogP) is 1.46. The summed E-state index contributed by atoms with van der Waals surface area (Å²) in [5.41, 5.74) is -0.423. The van der Waals surface area contributed by atoms with E-state index in [4.69, 9.17) is 9.47 Å².